The Morgan fingerprint density at radius 3 is 2.74 bits per heavy atom. The Morgan fingerprint density at radius 2 is 1.94 bits per heavy atom. The third kappa shape index (κ3) is 4.09. The van der Waals surface area contributed by atoms with Gasteiger partial charge in [-0.1, -0.05) is 25.1 Å². The standard InChI is InChI=1S/C25H23F2N5O2/c1-2-24(33)31-8-7-15(14-31)9-23-29-30-25(34)32(23)22-6-5-16(11-20(22)27)17-3-4-18-10-19(26)13-28-21(18)12-17/h3-6,10-13,15H,2,7-9,14H2,1H3,(H,30,34). The summed E-state index contributed by atoms with van der Waals surface area (Å²) in [5, 5.41) is 7.20. The molecule has 5 rings (SSSR count). The zero-order valence-electron chi connectivity index (χ0n) is 18.6. The van der Waals surface area contributed by atoms with Crippen LogP contribution >= 0.6 is 0 Å². The van der Waals surface area contributed by atoms with Crippen LogP contribution in [0.5, 0.6) is 0 Å². The fourth-order valence-electron chi connectivity index (χ4n) is 4.56. The van der Waals surface area contributed by atoms with Crippen LogP contribution in [0.3, 0.4) is 0 Å². The predicted octanol–water partition coefficient (Wildman–Crippen LogP) is 3.86. The quantitative estimate of drug-likeness (QED) is 0.487. The van der Waals surface area contributed by atoms with Crippen LogP contribution in [-0.4, -0.2) is 43.6 Å². The van der Waals surface area contributed by atoms with Crippen molar-refractivity contribution in [2.24, 2.45) is 5.92 Å². The molecule has 34 heavy (non-hydrogen) atoms. The van der Waals surface area contributed by atoms with E-state index in [0.29, 0.717) is 48.2 Å². The number of amides is 1. The third-order valence-corrected chi connectivity index (χ3v) is 6.33. The second-order valence-electron chi connectivity index (χ2n) is 8.56. The van der Waals surface area contributed by atoms with Crippen LogP contribution in [-0.2, 0) is 11.2 Å². The smallest absolute Gasteiger partial charge is 0.342 e. The molecule has 2 aromatic carbocycles. The molecule has 0 aliphatic carbocycles. The molecule has 0 spiro atoms. The van der Waals surface area contributed by atoms with E-state index in [0.717, 1.165) is 18.2 Å². The van der Waals surface area contributed by atoms with Gasteiger partial charge in [0.05, 0.1) is 17.4 Å². The number of pyridine rings is 1. The summed E-state index contributed by atoms with van der Waals surface area (Å²) < 4.78 is 29.9. The van der Waals surface area contributed by atoms with Crippen molar-refractivity contribution in [1.29, 1.82) is 0 Å². The maximum absolute atomic E-state index is 15.2. The molecular formula is C25H23F2N5O2. The molecule has 1 N–H and O–H groups in total. The minimum absolute atomic E-state index is 0.109. The lowest BCUT2D eigenvalue weighted by molar-refractivity contribution is -0.129. The van der Waals surface area contributed by atoms with E-state index in [1.807, 2.05) is 11.8 Å². The molecule has 1 amide bonds. The Labute approximate surface area is 194 Å². The molecule has 0 radical (unpaired) electrons. The minimum Gasteiger partial charge on any atom is -0.342 e. The first kappa shape index (κ1) is 21.9. The molecule has 1 aliphatic rings. The van der Waals surface area contributed by atoms with Gasteiger partial charge in [-0.15, -0.1) is 0 Å². The Morgan fingerprint density at radius 1 is 1.15 bits per heavy atom. The first-order valence-electron chi connectivity index (χ1n) is 11.2. The van der Waals surface area contributed by atoms with Gasteiger partial charge in [0.25, 0.3) is 0 Å². The lowest BCUT2D eigenvalue weighted by atomic mass is 10.0. The Kier molecular flexibility index (Phi) is 5.69. The number of aromatic nitrogens is 4. The van der Waals surface area contributed by atoms with Crippen molar-refractivity contribution in [2.75, 3.05) is 13.1 Å². The molecule has 1 fully saturated rings. The zero-order chi connectivity index (χ0) is 23.8. The fraction of sp³-hybridized carbons (Fsp3) is 0.280. The summed E-state index contributed by atoms with van der Waals surface area (Å²) in [5.41, 5.74) is 1.53. The van der Waals surface area contributed by atoms with Crippen LogP contribution in [0.2, 0.25) is 0 Å². The molecule has 4 aromatic rings. The van der Waals surface area contributed by atoms with Gasteiger partial charge in [-0.2, -0.15) is 5.10 Å². The molecule has 0 saturated carbocycles. The first-order chi connectivity index (χ1) is 16.4. The molecule has 3 heterocycles. The highest BCUT2D eigenvalue weighted by molar-refractivity contribution is 5.84. The van der Waals surface area contributed by atoms with E-state index in [-0.39, 0.29) is 17.5 Å². The predicted molar refractivity (Wildman–Crippen MR) is 124 cm³/mol. The highest BCUT2D eigenvalue weighted by atomic mass is 19.1. The Balaban J connectivity index is 1.42. The van der Waals surface area contributed by atoms with Gasteiger partial charge in [0.15, 0.2) is 0 Å². The number of carbonyl (C=O) groups excluding carboxylic acids is 1. The van der Waals surface area contributed by atoms with Crippen molar-refractivity contribution in [3.63, 3.8) is 0 Å². The normalized spacial score (nSPS) is 15.9. The molecule has 9 heteroatoms. The maximum atomic E-state index is 15.2. The maximum Gasteiger partial charge on any atom is 0.348 e. The average molecular weight is 463 g/mol. The third-order valence-electron chi connectivity index (χ3n) is 6.33. The number of fused-ring (bicyclic) bond motifs is 1. The molecule has 1 atom stereocenters. The molecular weight excluding hydrogens is 440 g/mol. The van der Waals surface area contributed by atoms with Gasteiger partial charge in [0, 0.05) is 31.3 Å². The van der Waals surface area contributed by atoms with E-state index in [9.17, 15) is 14.0 Å². The number of hydrogen-bond acceptors (Lipinski definition) is 4. The van der Waals surface area contributed by atoms with Crippen LogP contribution in [0.4, 0.5) is 8.78 Å². The number of nitrogens with zero attached hydrogens (tertiary/aromatic N) is 4. The van der Waals surface area contributed by atoms with E-state index < -0.39 is 17.3 Å². The van der Waals surface area contributed by atoms with E-state index in [4.69, 9.17) is 0 Å². The van der Waals surface area contributed by atoms with Crippen molar-refractivity contribution >= 4 is 16.8 Å². The molecule has 2 aromatic heterocycles. The van der Waals surface area contributed by atoms with Crippen molar-refractivity contribution < 1.29 is 13.6 Å². The van der Waals surface area contributed by atoms with Gasteiger partial charge >= 0.3 is 5.69 Å². The molecule has 174 valence electrons. The number of rotatable bonds is 5. The molecule has 1 unspecified atom stereocenters. The SMILES string of the molecule is CCC(=O)N1CCC(Cc2n[nH]c(=O)n2-c2ccc(-c3ccc4cc(F)cnc4c3)cc2F)C1. The highest BCUT2D eigenvalue weighted by Crippen LogP contribution is 2.27. The van der Waals surface area contributed by atoms with Crippen LogP contribution in [0.1, 0.15) is 25.6 Å². The second kappa shape index (κ2) is 8.81. The van der Waals surface area contributed by atoms with Crippen molar-refractivity contribution in [3.05, 3.63) is 76.6 Å². The van der Waals surface area contributed by atoms with Gasteiger partial charge in [-0.05, 0) is 47.7 Å². The number of H-pyrrole nitrogens is 1. The van der Waals surface area contributed by atoms with Crippen LogP contribution in [0.25, 0.3) is 27.7 Å². The average Bonchev–Trinajstić information content (AvgIpc) is 3.45. The largest absolute Gasteiger partial charge is 0.348 e. The molecule has 7 nitrogen and oxygen atoms in total. The number of aromatic amines is 1. The Hall–Kier alpha value is -3.88. The zero-order valence-corrected chi connectivity index (χ0v) is 18.6. The van der Waals surface area contributed by atoms with Gasteiger partial charge < -0.3 is 4.90 Å². The van der Waals surface area contributed by atoms with Gasteiger partial charge in [-0.25, -0.2) is 23.2 Å². The van der Waals surface area contributed by atoms with Crippen molar-refractivity contribution in [2.45, 2.75) is 26.2 Å². The second-order valence-corrected chi connectivity index (χ2v) is 8.56. The number of hydrogen-bond donors (Lipinski definition) is 1. The summed E-state index contributed by atoms with van der Waals surface area (Å²) in [6.07, 6.45) is 2.88. The Bertz CT molecular complexity index is 1450. The lowest BCUT2D eigenvalue weighted by Crippen LogP contribution is -2.28. The van der Waals surface area contributed by atoms with E-state index in [1.165, 1.54) is 16.7 Å². The van der Waals surface area contributed by atoms with Crippen LogP contribution in [0, 0.1) is 17.6 Å². The summed E-state index contributed by atoms with van der Waals surface area (Å²) in [7, 11) is 0. The molecule has 1 aliphatic heterocycles. The number of carbonyl (C=O) groups is 1. The van der Waals surface area contributed by atoms with Crippen molar-refractivity contribution in [1.82, 2.24) is 24.6 Å². The fourth-order valence-corrected chi connectivity index (χ4v) is 4.56. The summed E-state index contributed by atoms with van der Waals surface area (Å²) in [6.45, 7) is 3.12. The lowest BCUT2D eigenvalue weighted by Gasteiger charge is -2.15. The first-order valence-corrected chi connectivity index (χ1v) is 11.2. The summed E-state index contributed by atoms with van der Waals surface area (Å²) in [5.74, 6) is -0.286. The van der Waals surface area contributed by atoms with Gasteiger partial charge in [0.1, 0.15) is 17.5 Å². The number of nitrogens with one attached hydrogen (secondary N) is 1. The topological polar surface area (TPSA) is 83.9 Å². The molecule has 0 bridgehead atoms. The summed E-state index contributed by atoms with van der Waals surface area (Å²) >= 11 is 0. The number of benzene rings is 2. The minimum atomic E-state index is -0.566. The highest BCUT2D eigenvalue weighted by Gasteiger charge is 2.27. The molecule has 1 saturated heterocycles. The van der Waals surface area contributed by atoms with E-state index in [1.54, 1.807) is 30.3 Å². The summed E-state index contributed by atoms with van der Waals surface area (Å²) in [4.78, 5) is 30.4. The number of halogens is 2. The van der Waals surface area contributed by atoms with Gasteiger partial charge in [0.2, 0.25) is 5.91 Å². The number of likely N-dealkylation sites (tertiary alicyclic amines) is 1. The van der Waals surface area contributed by atoms with E-state index in [2.05, 4.69) is 15.2 Å². The van der Waals surface area contributed by atoms with Crippen molar-refractivity contribution in [3.8, 4) is 16.8 Å². The van der Waals surface area contributed by atoms with Crippen LogP contribution < -0.4 is 5.69 Å². The van der Waals surface area contributed by atoms with Crippen LogP contribution in [0.15, 0.2) is 53.5 Å². The van der Waals surface area contributed by atoms with Gasteiger partial charge in [-0.3, -0.25) is 9.78 Å². The van der Waals surface area contributed by atoms with E-state index >= 15 is 4.39 Å². The monoisotopic (exact) mass is 463 g/mol. The summed E-state index contributed by atoms with van der Waals surface area (Å²) in [6, 6.07) is 11.3.